The van der Waals surface area contributed by atoms with E-state index in [1.165, 1.54) is 30.3 Å². The summed E-state index contributed by atoms with van der Waals surface area (Å²) in [4.78, 5) is 4.75. The van der Waals surface area contributed by atoms with Gasteiger partial charge in [0.15, 0.2) is 0 Å². The number of rotatable bonds is 6. The Bertz CT molecular complexity index is 599. The van der Waals surface area contributed by atoms with Crippen LogP contribution < -0.4 is 0 Å². The number of imidazole rings is 1. The van der Waals surface area contributed by atoms with Gasteiger partial charge in [-0.15, -0.1) is 11.6 Å². The predicted molar refractivity (Wildman–Crippen MR) is 92.1 cm³/mol. The van der Waals surface area contributed by atoms with E-state index in [1.807, 2.05) is 6.92 Å². The van der Waals surface area contributed by atoms with Gasteiger partial charge in [-0.05, 0) is 50.8 Å². The highest BCUT2D eigenvalue weighted by molar-refractivity contribution is 6.20. The van der Waals surface area contributed by atoms with Crippen molar-refractivity contribution in [3.63, 3.8) is 0 Å². The Hall–Kier alpha value is -1.02. The van der Waals surface area contributed by atoms with E-state index in [-0.39, 0.29) is 5.38 Å². The molecule has 0 amide bonds. The molecule has 0 fully saturated rings. The zero-order chi connectivity index (χ0) is 15.6. The maximum atomic E-state index is 6.36. The summed E-state index contributed by atoms with van der Waals surface area (Å²) in [5, 5.41) is -0.0646. The standard InChI is InChI=1S/C18H27ClN2/c1-12(2)7-6-8-14(4)21-17-11-13(3)9-10-16(17)20-18(21)15(5)19/h9-12,14-15H,6-8H2,1-5H3. The normalized spacial score (nSPS) is 14.8. The molecule has 1 aromatic heterocycles. The van der Waals surface area contributed by atoms with Crippen molar-refractivity contribution in [2.24, 2.45) is 5.92 Å². The van der Waals surface area contributed by atoms with Gasteiger partial charge < -0.3 is 4.57 Å². The van der Waals surface area contributed by atoms with Gasteiger partial charge in [0.1, 0.15) is 5.82 Å². The van der Waals surface area contributed by atoms with E-state index in [4.69, 9.17) is 16.6 Å². The molecule has 0 radical (unpaired) electrons. The first-order valence-corrected chi connectivity index (χ1v) is 8.46. The van der Waals surface area contributed by atoms with Gasteiger partial charge in [-0.1, -0.05) is 32.8 Å². The molecule has 2 rings (SSSR count). The monoisotopic (exact) mass is 306 g/mol. The number of hydrogen-bond acceptors (Lipinski definition) is 1. The lowest BCUT2D eigenvalue weighted by Gasteiger charge is -2.19. The molecule has 116 valence electrons. The van der Waals surface area contributed by atoms with E-state index < -0.39 is 0 Å². The highest BCUT2D eigenvalue weighted by Crippen LogP contribution is 2.30. The molecular weight excluding hydrogens is 280 g/mol. The van der Waals surface area contributed by atoms with Crippen molar-refractivity contribution in [1.82, 2.24) is 9.55 Å². The van der Waals surface area contributed by atoms with Crippen molar-refractivity contribution >= 4 is 22.6 Å². The third kappa shape index (κ3) is 3.79. The SMILES string of the molecule is Cc1ccc2nc(C(C)Cl)n(C(C)CCCC(C)C)c2c1. The van der Waals surface area contributed by atoms with Gasteiger partial charge in [0, 0.05) is 6.04 Å². The Morgan fingerprint density at radius 2 is 1.86 bits per heavy atom. The van der Waals surface area contributed by atoms with Crippen molar-refractivity contribution in [3.8, 4) is 0 Å². The number of aryl methyl sites for hydroxylation is 1. The maximum absolute atomic E-state index is 6.36. The first-order valence-electron chi connectivity index (χ1n) is 8.02. The Morgan fingerprint density at radius 3 is 2.48 bits per heavy atom. The van der Waals surface area contributed by atoms with Crippen molar-refractivity contribution in [2.75, 3.05) is 0 Å². The van der Waals surface area contributed by atoms with Crippen LogP contribution >= 0.6 is 11.6 Å². The van der Waals surface area contributed by atoms with Crippen LogP contribution in [-0.4, -0.2) is 9.55 Å². The third-order valence-electron chi connectivity index (χ3n) is 4.07. The second kappa shape index (κ2) is 6.83. The highest BCUT2D eigenvalue weighted by Gasteiger charge is 2.19. The largest absolute Gasteiger partial charge is 0.324 e. The van der Waals surface area contributed by atoms with Crippen molar-refractivity contribution < 1.29 is 0 Å². The number of hydrogen-bond donors (Lipinski definition) is 0. The minimum Gasteiger partial charge on any atom is -0.324 e. The summed E-state index contributed by atoms with van der Waals surface area (Å²) >= 11 is 6.36. The Labute approximate surface area is 133 Å². The third-order valence-corrected chi connectivity index (χ3v) is 4.27. The topological polar surface area (TPSA) is 17.8 Å². The number of aromatic nitrogens is 2. The molecule has 1 aromatic carbocycles. The summed E-state index contributed by atoms with van der Waals surface area (Å²) in [6, 6.07) is 6.88. The smallest absolute Gasteiger partial charge is 0.127 e. The zero-order valence-electron chi connectivity index (χ0n) is 13.9. The van der Waals surface area contributed by atoms with E-state index in [1.54, 1.807) is 0 Å². The van der Waals surface area contributed by atoms with Crippen LogP contribution in [0.4, 0.5) is 0 Å². The van der Waals surface area contributed by atoms with Crippen LogP contribution in [0.1, 0.15) is 69.8 Å². The van der Waals surface area contributed by atoms with Crippen molar-refractivity contribution in [1.29, 1.82) is 0 Å². The molecule has 2 unspecified atom stereocenters. The highest BCUT2D eigenvalue weighted by atomic mass is 35.5. The lowest BCUT2D eigenvalue weighted by Crippen LogP contribution is -2.10. The molecule has 0 spiro atoms. The fourth-order valence-corrected chi connectivity index (χ4v) is 3.07. The molecule has 0 saturated carbocycles. The molecule has 2 atom stereocenters. The lowest BCUT2D eigenvalue weighted by atomic mass is 10.0. The van der Waals surface area contributed by atoms with Gasteiger partial charge in [0.25, 0.3) is 0 Å². The number of fused-ring (bicyclic) bond motifs is 1. The summed E-state index contributed by atoms with van der Waals surface area (Å²) in [5.74, 6) is 1.76. The molecule has 3 heteroatoms. The van der Waals surface area contributed by atoms with Gasteiger partial charge in [-0.2, -0.15) is 0 Å². The molecule has 21 heavy (non-hydrogen) atoms. The average molecular weight is 307 g/mol. The van der Waals surface area contributed by atoms with Crippen molar-refractivity contribution in [3.05, 3.63) is 29.6 Å². The molecular formula is C18H27ClN2. The molecule has 0 bridgehead atoms. The van der Waals surface area contributed by atoms with Crippen LogP contribution in [0.15, 0.2) is 18.2 Å². The average Bonchev–Trinajstić information content (AvgIpc) is 2.76. The van der Waals surface area contributed by atoms with E-state index in [0.717, 1.165) is 17.3 Å². The maximum Gasteiger partial charge on any atom is 0.127 e. The fourth-order valence-electron chi connectivity index (χ4n) is 2.92. The van der Waals surface area contributed by atoms with E-state index in [9.17, 15) is 0 Å². The summed E-state index contributed by atoms with van der Waals surface area (Å²) in [6.45, 7) is 11.0. The lowest BCUT2D eigenvalue weighted by molar-refractivity contribution is 0.444. The molecule has 0 aliphatic heterocycles. The summed E-state index contributed by atoms with van der Waals surface area (Å²) in [7, 11) is 0. The molecule has 0 saturated heterocycles. The summed E-state index contributed by atoms with van der Waals surface area (Å²) in [6.07, 6.45) is 3.70. The Morgan fingerprint density at radius 1 is 1.14 bits per heavy atom. The van der Waals surface area contributed by atoms with Gasteiger partial charge in [0.05, 0.1) is 16.4 Å². The van der Waals surface area contributed by atoms with Crippen LogP contribution in [0.2, 0.25) is 0 Å². The Kier molecular flexibility index (Phi) is 5.32. The Balaban J connectivity index is 2.35. The minimum absolute atomic E-state index is 0.0646. The minimum atomic E-state index is -0.0646. The van der Waals surface area contributed by atoms with Crippen molar-refractivity contribution in [2.45, 2.75) is 65.3 Å². The quantitative estimate of drug-likeness (QED) is 0.596. The van der Waals surface area contributed by atoms with Gasteiger partial charge in [-0.25, -0.2) is 4.98 Å². The predicted octanol–water partition coefficient (Wildman–Crippen LogP) is 6.03. The molecule has 2 nitrogen and oxygen atoms in total. The van der Waals surface area contributed by atoms with Crippen LogP contribution in [0.5, 0.6) is 0 Å². The van der Waals surface area contributed by atoms with Gasteiger partial charge in [-0.3, -0.25) is 0 Å². The van der Waals surface area contributed by atoms with Crippen LogP contribution in [0, 0.1) is 12.8 Å². The van der Waals surface area contributed by atoms with E-state index in [2.05, 4.69) is 50.5 Å². The molecule has 0 aliphatic carbocycles. The van der Waals surface area contributed by atoms with Crippen LogP contribution in [-0.2, 0) is 0 Å². The number of halogens is 1. The molecule has 1 heterocycles. The number of benzene rings is 1. The fraction of sp³-hybridized carbons (Fsp3) is 0.611. The van der Waals surface area contributed by atoms with Crippen LogP contribution in [0.3, 0.4) is 0 Å². The van der Waals surface area contributed by atoms with Gasteiger partial charge >= 0.3 is 0 Å². The second-order valence-electron chi connectivity index (χ2n) is 6.62. The van der Waals surface area contributed by atoms with E-state index in [0.29, 0.717) is 6.04 Å². The number of alkyl halides is 1. The number of nitrogens with zero attached hydrogens (tertiary/aromatic N) is 2. The van der Waals surface area contributed by atoms with E-state index >= 15 is 0 Å². The second-order valence-corrected chi connectivity index (χ2v) is 7.28. The molecule has 0 aliphatic rings. The molecule has 0 N–H and O–H groups in total. The first kappa shape index (κ1) is 16.4. The first-order chi connectivity index (χ1) is 9.90. The molecule has 2 aromatic rings. The summed E-state index contributed by atoms with van der Waals surface area (Å²) < 4.78 is 2.35. The zero-order valence-corrected chi connectivity index (χ0v) is 14.6. The van der Waals surface area contributed by atoms with Gasteiger partial charge in [0.2, 0.25) is 0 Å². The summed E-state index contributed by atoms with van der Waals surface area (Å²) in [5.41, 5.74) is 3.54. The van der Waals surface area contributed by atoms with Crippen LogP contribution in [0.25, 0.3) is 11.0 Å².